The average molecular weight is 248 g/mol. The average Bonchev–Trinajstić information content (AvgIpc) is 2.25. The van der Waals surface area contributed by atoms with Crippen LogP contribution in [0.25, 0.3) is 0 Å². The van der Waals surface area contributed by atoms with Gasteiger partial charge in [-0.25, -0.2) is 4.79 Å². The minimum atomic E-state index is -2.79. The molecule has 0 saturated heterocycles. The molecule has 0 rings (SSSR count). The lowest BCUT2D eigenvalue weighted by Gasteiger charge is -2.20. The number of carboxylic acids is 1. The molecule has 0 bridgehead atoms. The van der Waals surface area contributed by atoms with Crippen LogP contribution in [-0.4, -0.2) is 53.4 Å². The van der Waals surface area contributed by atoms with E-state index in [2.05, 4.69) is 4.74 Å². The molecule has 0 aromatic heterocycles. The summed E-state index contributed by atoms with van der Waals surface area (Å²) in [6.07, 6.45) is -0.928. The van der Waals surface area contributed by atoms with Crippen molar-refractivity contribution in [3.05, 3.63) is 0 Å². The van der Waals surface area contributed by atoms with Crippen LogP contribution >= 0.6 is 0 Å². The number of ether oxygens (including phenoxy) is 2. The summed E-state index contributed by atoms with van der Waals surface area (Å²) in [6, 6.07) is 0. The van der Waals surface area contributed by atoms with E-state index in [0.29, 0.717) is 0 Å². The number of aliphatic hydroxyl groups is 1. The zero-order valence-corrected chi connectivity index (χ0v) is 9.76. The Morgan fingerprint density at radius 1 is 1.18 bits per heavy atom. The van der Waals surface area contributed by atoms with Gasteiger partial charge in [0.25, 0.3) is 0 Å². The summed E-state index contributed by atoms with van der Waals surface area (Å²) in [5, 5.41) is 18.4. The summed E-state index contributed by atoms with van der Waals surface area (Å²) in [7, 11) is 0. The van der Waals surface area contributed by atoms with E-state index in [1.54, 1.807) is 6.92 Å². The summed E-state index contributed by atoms with van der Waals surface area (Å²) >= 11 is 0. The Labute approximate surface area is 98.3 Å². The molecular formula is C10H16O7. The number of hydrogen-bond donors (Lipinski definition) is 2. The van der Waals surface area contributed by atoms with Gasteiger partial charge >= 0.3 is 11.9 Å². The van der Waals surface area contributed by atoms with E-state index in [-0.39, 0.29) is 13.2 Å². The molecule has 1 atom stereocenters. The second-order valence-corrected chi connectivity index (χ2v) is 3.21. The monoisotopic (exact) mass is 248 g/mol. The van der Waals surface area contributed by atoms with Crippen LogP contribution in [0.4, 0.5) is 0 Å². The van der Waals surface area contributed by atoms with Gasteiger partial charge in [-0.05, 0) is 13.8 Å². The second-order valence-electron chi connectivity index (χ2n) is 3.21. The third-order valence-corrected chi connectivity index (χ3v) is 1.96. The third kappa shape index (κ3) is 4.49. The van der Waals surface area contributed by atoms with E-state index < -0.39 is 36.4 Å². The van der Waals surface area contributed by atoms with E-state index in [1.165, 1.54) is 6.92 Å². The number of carbonyl (C=O) groups is 3. The van der Waals surface area contributed by atoms with Crippen LogP contribution in [0.5, 0.6) is 0 Å². The second kappa shape index (κ2) is 6.97. The molecular weight excluding hydrogens is 232 g/mol. The fraction of sp³-hybridized carbons (Fsp3) is 0.700. The van der Waals surface area contributed by atoms with Crippen molar-refractivity contribution in [1.29, 1.82) is 0 Å². The van der Waals surface area contributed by atoms with Gasteiger partial charge in [-0.2, -0.15) is 0 Å². The molecule has 98 valence electrons. The van der Waals surface area contributed by atoms with Crippen LogP contribution in [0.1, 0.15) is 20.3 Å². The normalized spacial score (nSPS) is 13.8. The number of aliphatic carboxylic acids is 1. The number of Topliss-reactive ketones (excluding diaryl/α,β-unsaturated/α-hetero) is 1. The highest BCUT2D eigenvalue weighted by atomic mass is 16.5. The van der Waals surface area contributed by atoms with Gasteiger partial charge in [0.1, 0.15) is 6.61 Å². The van der Waals surface area contributed by atoms with Crippen LogP contribution in [0.3, 0.4) is 0 Å². The van der Waals surface area contributed by atoms with Gasteiger partial charge in [-0.1, -0.05) is 0 Å². The molecule has 0 saturated carbocycles. The van der Waals surface area contributed by atoms with Crippen LogP contribution in [0.2, 0.25) is 0 Å². The molecule has 2 N–H and O–H groups in total. The molecule has 0 radical (unpaired) electrons. The molecule has 7 heteroatoms. The largest absolute Gasteiger partial charge is 0.479 e. The highest BCUT2D eigenvalue weighted by Crippen LogP contribution is 2.14. The lowest BCUT2D eigenvalue weighted by molar-refractivity contribution is -0.174. The van der Waals surface area contributed by atoms with Crippen LogP contribution < -0.4 is 0 Å². The van der Waals surface area contributed by atoms with Crippen molar-refractivity contribution in [2.24, 2.45) is 0 Å². The van der Waals surface area contributed by atoms with Crippen molar-refractivity contribution in [1.82, 2.24) is 0 Å². The predicted octanol–water partition coefficient (Wildman–Crippen LogP) is -0.639. The van der Waals surface area contributed by atoms with E-state index in [9.17, 15) is 19.5 Å². The zero-order valence-electron chi connectivity index (χ0n) is 9.76. The molecule has 0 heterocycles. The lowest BCUT2D eigenvalue weighted by atomic mass is 9.95. The molecule has 0 spiro atoms. The maximum Gasteiger partial charge on any atom is 0.344 e. The van der Waals surface area contributed by atoms with Gasteiger partial charge in [-0.3, -0.25) is 9.59 Å². The molecule has 0 aromatic rings. The van der Waals surface area contributed by atoms with Crippen LogP contribution in [-0.2, 0) is 23.9 Å². The Morgan fingerprint density at radius 3 is 2.18 bits per heavy atom. The topological polar surface area (TPSA) is 110 Å². The fourth-order valence-electron chi connectivity index (χ4n) is 1.03. The standard InChI is InChI=1S/C10H16O7/c1-3-16-6-7(11)10(15,9(13)14)5-8(12)17-4-2/h15H,3-6H2,1-2H3,(H,13,14). The third-order valence-electron chi connectivity index (χ3n) is 1.96. The van der Waals surface area contributed by atoms with Crippen molar-refractivity contribution in [2.45, 2.75) is 25.9 Å². The van der Waals surface area contributed by atoms with Gasteiger partial charge < -0.3 is 19.7 Å². The zero-order chi connectivity index (χ0) is 13.5. The van der Waals surface area contributed by atoms with Crippen LogP contribution in [0.15, 0.2) is 0 Å². The molecule has 17 heavy (non-hydrogen) atoms. The van der Waals surface area contributed by atoms with Crippen LogP contribution in [0, 0.1) is 0 Å². The Kier molecular flexibility index (Phi) is 6.37. The minimum Gasteiger partial charge on any atom is -0.479 e. The van der Waals surface area contributed by atoms with Crippen molar-refractivity contribution in [3.8, 4) is 0 Å². The summed E-state index contributed by atoms with van der Waals surface area (Å²) in [5.74, 6) is -3.84. The SMILES string of the molecule is CCOCC(=O)C(O)(CC(=O)OCC)C(=O)O. The number of carbonyl (C=O) groups excluding carboxylic acids is 2. The van der Waals surface area contributed by atoms with Gasteiger partial charge in [0.15, 0.2) is 0 Å². The van der Waals surface area contributed by atoms with Gasteiger partial charge in [0.2, 0.25) is 11.4 Å². The number of carboxylic acid groups (broad SMARTS) is 1. The van der Waals surface area contributed by atoms with Crippen molar-refractivity contribution in [2.75, 3.05) is 19.8 Å². The first kappa shape index (κ1) is 15.5. The molecule has 7 nitrogen and oxygen atoms in total. The van der Waals surface area contributed by atoms with E-state index >= 15 is 0 Å². The maximum absolute atomic E-state index is 11.4. The lowest BCUT2D eigenvalue weighted by Crippen LogP contribution is -2.50. The molecule has 0 aliphatic heterocycles. The molecule has 0 fully saturated rings. The Balaban J connectivity index is 4.72. The van der Waals surface area contributed by atoms with Crippen molar-refractivity contribution >= 4 is 17.7 Å². The molecule has 0 aliphatic carbocycles. The summed E-state index contributed by atoms with van der Waals surface area (Å²) < 4.78 is 9.20. The van der Waals surface area contributed by atoms with Gasteiger partial charge in [0.05, 0.1) is 13.0 Å². The molecule has 1 unspecified atom stereocenters. The first-order valence-corrected chi connectivity index (χ1v) is 5.10. The Morgan fingerprint density at radius 2 is 1.76 bits per heavy atom. The van der Waals surface area contributed by atoms with E-state index in [0.717, 1.165) is 0 Å². The fourth-order valence-corrected chi connectivity index (χ4v) is 1.03. The summed E-state index contributed by atoms with van der Waals surface area (Å²) in [5.41, 5.74) is -2.79. The highest BCUT2D eigenvalue weighted by Gasteiger charge is 2.46. The maximum atomic E-state index is 11.4. The first-order chi connectivity index (χ1) is 7.88. The highest BCUT2D eigenvalue weighted by molar-refractivity contribution is 6.09. The Hall–Kier alpha value is -1.47. The molecule has 0 amide bonds. The summed E-state index contributed by atoms with van der Waals surface area (Å²) in [4.78, 5) is 33.4. The predicted molar refractivity (Wildman–Crippen MR) is 55.3 cm³/mol. The van der Waals surface area contributed by atoms with Gasteiger partial charge in [0, 0.05) is 6.61 Å². The summed E-state index contributed by atoms with van der Waals surface area (Å²) in [6.45, 7) is 2.80. The Bertz CT molecular complexity index is 299. The number of rotatable bonds is 8. The van der Waals surface area contributed by atoms with E-state index in [1.807, 2.05) is 0 Å². The van der Waals surface area contributed by atoms with E-state index in [4.69, 9.17) is 9.84 Å². The first-order valence-electron chi connectivity index (χ1n) is 5.10. The smallest absolute Gasteiger partial charge is 0.344 e. The van der Waals surface area contributed by atoms with Crippen molar-refractivity contribution < 1.29 is 34.1 Å². The molecule has 0 aromatic carbocycles. The number of ketones is 1. The molecule has 0 aliphatic rings. The quantitative estimate of drug-likeness (QED) is 0.434. The van der Waals surface area contributed by atoms with Gasteiger partial charge in [-0.15, -0.1) is 0 Å². The number of hydrogen-bond acceptors (Lipinski definition) is 6. The van der Waals surface area contributed by atoms with Crippen molar-refractivity contribution in [3.63, 3.8) is 0 Å². The minimum absolute atomic E-state index is 0.0359. The number of esters is 1.